The molecular weight excluding hydrogens is 198 g/mol. The molecule has 0 radical (unpaired) electrons. The van der Waals surface area contributed by atoms with Crippen molar-refractivity contribution < 1.29 is 14.6 Å². The Hall–Kier alpha value is -1.43. The molecule has 0 unspecified atom stereocenters. The minimum Gasteiger partial charge on any atom is -0.476 e. The molecule has 1 heterocycles. The van der Waals surface area contributed by atoms with E-state index >= 15 is 0 Å². The van der Waals surface area contributed by atoms with Gasteiger partial charge in [0.05, 0.1) is 11.8 Å². The first-order chi connectivity index (χ1) is 6.94. The number of nitrogens with zero attached hydrogens (tertiary/aromatic N) is 3. The van der Waals surface area contributed by atoms with Gasteiger partial charge in [-0.15, -0.1) is 5.10 Å². The summed E-state index contributed by atoms with van der Waals surface area (Å²) in [5.41, 5.74) is -0.278. The van der Waals surface area contributed by atoms with Gasteiger partial charge in [-0.25, -0.2) is 4.79 Å². The molecule has 1 rings (SSSR count). The van der Waals surface area contributed by atoms with Gasteiger partial charge in [0.25, 0.3) is 0 Å². The van der Waals surface area contributed by atoms with Crippen LogP contribution in [0.15, 0.2) is 6.20 Å². The van der Waals surface area contributed by atoms with Crippen molar-refractivity contribution in [1.82, 2.24) is 15.0 Å². The fourth-order valence-corrected chi connectivity index (χ4v) is 0.992. The van der Waals surface area contributed by atoms with Crippen LogP contribution in [0.25, 0.3) is 0 Å². The summed E-state index contributed by atoms with van der Waals surface area (Å²) in [4.78, 5) is 10.5. The summed E-state index contributed by atoms with van der Waals surface area (Å²) in [7, 11) is 1.64. The third kappa shape index (κ3) is 3.32. The minimum absolute atomic E-state index is 0.0368. The van der Waals surface area contributed by atoms with Crippen molar-refractivity contribution in [3.63, 3.8) is 0 Å². The highest BCUT2D eigenvalue weighted by molar-refractivity contribution is 5.84. The third-order valence-electron chi connectivity index (χ3n) is 2.25. The van der Waals surface area contributed by atoms with E-state index in [-0.39, 0.29) is 11.3 Å². The minimum atomic E-state index is -1.06. The average Bonchev–Trinajstić information content (AvgIpc) is 2.63. The molecule has 0 aliphatic carbocycles. The van der Waals surface area contributed by atoms with E-state index in [1.54, 1.807) is 7.11 Å². The molecule has 0 atom stereocenters. The Kier molecular flexibility index (Phi) is 3.41. The summed E-state index contributed by atoms with van der Waals surface area (Å²) < 4.78 is 6.74. The highest BCUT2D eigenvalue weighted by atomic mass is 16.5. The number of aryl methyl sites for hydroxylation is 1. The molecule has 0 saturated heterocycles. The van der Waals surface area contributed by atoms with E-state index < -0.39 is 5.97 Å². The smallest absolute Gasteiger partial charge is 0.358 e. The summed E-state index contributed by atoms with van der Waals surface area (Å²) in [6.45, 7) is 4.51. The Morgan fingerprint density at radius 3 is 2.80 bits per heavy atom. The maximum absolute atomic E-state index is 10.5. The molecular formula is C9H15N3O3. The van der Waals surface area contributed by atoms with Crippen molar-refractivity contribution in [3.8, 4) is 0 Å². The number of hydrogen-bond donors (Lipinski definition) is 1. The van der Waals surface area contributed by atoms with Gasteiger partial charge in [-0.2, -0.15) is 0 Å². The van der Waals surface area contributed by atoms with Crippen LogP contribution in [0, 0.1) is 0 Å². The number of carboxylic acids is 1. The lowest BCUT2D eigenvalue weighted by molar-refractivity contribution is 0.0112. The molecule has 6 heteroatoms. The van der Waals surface area contributed by atoms with Crippen molar-refractivity contribution in [3.05, 3.63) is 11.9 Å². The maximum atomic E-state index is 10.5. The quantitative estimate of drug-likeness (QED) is 0.782. The van der Waals surface area contributed by atoms with Crippen LogP contribution in [0.4, 0.5) is 0 Å². The third-order valence-corrected chi connectivity index (χ3v) is 2.25. The number of rotatable bonds is 5. The number of aromatic nitrogens is 3. The lowest BCUT2D eigenvalue weighted by atomic mass is 10.1. The molecule has 6 nitrogen and oxygen atoms in total. The number of aromatic carboxylic acids is 1. The second kappa shape index (κ2) is 4.39. The number of carbonyl (C=O) groups is 1. The Morgan fingerprint density at radius 2 is 2.33 bits per heavy atom. The molecule has 0 aromatic carbocycles. The summed E-state index contributed by atoms with van der Waals surface area (Å²) in [6, 6.07) is 0. The molecule has 84 valence electrons. The van der Waals surface area contributed by atoms with Crippen LogP contribution in [-0.4, -0.2) is 38.8 Å². The molecule has 0 aliphatic rings. The Balaban J connectivity index is 2.55. The van der Waals surface area contributed by atoms with E-state index in [2.05, 4.69) is 10.3 Å². The topological polar surface area (TPSA) is 77.2 Å². The lowest BCUT2D eigenvalue weighted by Gasteiger charge is -2.22. The van der Waals surface area contributed by atoms with Crippen LogP contribution < -0.4 is 0 Å². The number of carboxylic acid groups (broad SMARTS) is 1. The number of ether oxygens (including phenoxy) is 1. The van der Waals surface area contributed by atoms with Gasteiger partial charge in [-0.05, 0) is 20.3 Å². The van der Waals surface area contributed by atoms with Gasteiger partial charge in [0, 0.05) is 13.7 Å². The Morgan fingerprint density at radius 1 is 1.67 bits per heavy atom. The monoisotopic (exact) mass is 213 g/mol. The van der Waals surface area contributed by atoms with Crippen LogP contribution in [0.3, 0.4) is 0 Å². The van der Waals surface area contributed by atoms with E-state index in [0.29, 0.717) is 6.54 Å². The zero-order valence-electron chi connectivity index (χ0n) is 9.10. The predicted octanol–water partition coefficient (Wildman–Crippen LogP) is 0.791. The summed E-state index contributed by atoms with van der Waals surface area (Å²) in [5, 5.41) is 15.9. The molecule has 0 aliphatic heterocycles. The Bertz CT molecular complexity index is 346. The second-order valence-corrected chi connectivity index (χ2v) is 3.89. The molecule has 0 amide bonds. The van der Waals surface area contributed by atoms with Gasteiger partial charge in [0.15, 0.2) is 5.69 Å². The van der Waals surface area contributed by atoms with Gasteiger partial charge in [0.2, 0.25) is 0 Å². The normalized spacial score (nSPS) is 11.7. The first-order valence-electron chi connectivity index (χ1n) is 4.63. The highest BCUT2D eigenvalue weighted by Crippen LogP contribution is 2.13. The number of methoxy groups -OCH3 is 1. The second-order valence-electron chi connectivity index (χ2n) is 3.89. The molecule has 1 aromatic heterocycles. The van der Waals surface area contributed by atoms with E-state index in [9.17, 15) is 4.79 Å². The van der Waals surface area contributed by atoms with Crippen LogP contribution in [0.1, 0.15) is 30.8 Å². The number of hydrogen-bond acceptors (Lipinski definition) is 4. The van der Waals surface area contributed by atoms with Gasteiger partial charge in [0.1, 0.15) is 0 Å². The summed E-state index contributed by atoms with van der Waals surface area (Å²) in [5.74, 6) is -1.06. The van der Waals surface area contributed by atoms with Crippen molar-refractivity contribution in [2.75, 3.05) is 7.11 Å². The van der Waals surface area contributed by atoms with E-state index in [0.717, 1.165) is 6.42 Å². The van der Waals surface area contributed by atoms with E-state index in [1.165, 1.54) is 10.9 Å². The lowest BCUT2D eigenvalue weighted by Crippen LogP contribution is -2.24. The molecule has 0 spiro atoms. The molecule has 0 bridgehead atoms. The zero-order chi connectivity index (χ0) is 11.5. The first-order valence-corrected chi connectivity index (χ1v) is 4.63. The Labute approximate surface area is 87.9 Å². The molecule has 0 fully saturated rings. The van der Waals surface area contributed by atoms with Crippen LogP contribution >= 0.6 is 0 Å². The van der Waals surface area contributed by atoms with Gasteiger partial charge in [-0.1, -0.05) is 5.21 Å². The van der Waals surface area contributed by atoms with Crippen LogP contribution in [0.2, 0.25) is 0 Å². The zero-order valence-corrected chi connectivity index (χ0v) is 9.10. The van der Waals surface area contributed by atoms with Crippen LogP contribution in [0.5, 0.6) is 0 Å². The highest BCUT2D eigenvalue weighted by Gasteiger charge is 2.17. The van der Waals surface area contributed by atoms with E-state index in [4.69, 9.17) is 9.84 Å². The first kappa shape index (κ1) is 11.6. The summed E-state index contributed by atoms with van der Waals surface area (Å²) in [6.07, 6.45) is 2.15. The average molecular weight is 213 g/mol. The molecule has 1 aromatic rings. The SMILES string of the molecule is COC(C)(C)CCn1cc(C(=O)O)nn1. The predicted molar refractivity (Wildman–Crippen MR) is 52.7 cm³/mol. The fraction of sp³-hybridized carbons (Fsp3) is 0.667. The standard InChI is InChI=1S/C9H15N3O3/c1-9(2,15-3)4-5-12-6-7(8(13)14)10-11-12/h6H,4-5H2,1-3H3,(H,13,14). The van der Waals surface area contributed by atoms with Gasteiger partial charge in [-0.3, -0.25) is 4.68 Å². The van der Waals surface area contributed by atoms with Crippen molar-refractivity contribution in [2.45, 2.75) is 32.4 Å². The summed E-state index contributed by atoms with van der Waals surface area (Å²) >= 11 is 0. The van der Waals surface area contributed by atoms with Gasteiger partial charge < -0.3 is 9.84 Å². The van der Waals surface area contributed by atoms with E-state index in [1.807, 2.05) is 13.8 Å². The molecule has 15 heavy (non-hydrogen) atoms. The van der Waals surface area contributed by atoms with Crippen molar-refractivity contribution in [2.24, 2.45) is 0 Å². The van der Waals surface area contributed by atoms with Crippen LogP contribution in [-0.2, 0) is 11.3 Å². The van der Waals surface area contributed by atoms with Crippen molar-refractivity contribution >= 4 is 5.97 Å². The fourth-order valence-electron chi connectivity index (χ4n) is 0.992. The molecule has 0 saturated carbocycles. The molecule has 1 N–H and O–H groups in total. The largest absolute Gasteiger partial charge is 0.476 e. The van der Waals surface area contributed by atoms with Crippen molar-refractivity contribution in [1.29, 1.82) is 0 Å². The maximum Gasteiger partial charge on any atom is 0.358 e. The van der Waals surface area contributed by atoms with Gasteiger partial charge >= 0.3 is 5.97 Å².